The number of amides is 1. The van der Waals surface area contributed by atoms with Gasteiger partial charge in [0.1, 0.15) is 5.75 Å². The maximum Gasteiger partial charge on any atom is 0.224 e. The minimum absolute atomic E-state index is 0. The molecule has 5 heteroatoms. The van der Waals surface area contributed by atoms with Gasteiger partial charge in [0.2, 0.25) is 5.91 Å². The Labute approximate surface area is 151 Å². The van der Waals surface area contributed by atoms with Crippen LogP contribution in [0, 0.1) is 5.92 Å². The van der Waals surface area contributed by atoms with Gasteiger partial charge in [0.15, 0.2) is 0 Å². The maximum atomic E-state index is 12.5. The van der Waals surface area contributed by atoms with E-state index in [-0.39, 0.29) is 29.6 Å². The van der Waals surface area contributed by atoms with Crippen LogP contribution in [0.1, 0.15) is 44.1 Å². The average Bonchev–Trinajstić information content (AvgIpc) is 3.11. The van der Waals surface area contributed by atoms with E-state index in [4.69, 9.17) is 4.74 Å². The average molecular weight is 353 g/mol. The first-order chi connectivity index (χ1) is 11.2. The highest BCUT2D eigenvalue weighted by Crippen LogP contribution is 2.41. The Morgan fingerprint density at radius 3 is 2.79 bits per heavy atom. The van der Waals surface area contributed by atoms with Crippen molar-refractivity contribution in [1.29, 1.82) is 0 Å². The molecule has 1 aromatic rings. The summed E-state index contributed by atoms with van der Waals surface area (Å²) < 4.78 is 5.38. The molecule has 3 rings (SSSR count). The highest BCUT2D eigenvalue weighted by Gasteiger charge is 2.36. The van der Waals surface area contributed by atoms with Crippen LogP contribution in [-0.2, 0) is 10.2 Å². The van der Waals surface area contributed by atoms with E-state index in [0.29, 0.717) is 0 Å². The van der Waals surface area contributed by atoms with E-state index >= 15 is 0 Å². The molecule has 0 aromatic heterocycles. The normalized spacial score (nSPS) is 22.5. The van der Waals surface area contributed by atoms with Gasteiger partial charge in [0, 0.05) is 18.5 Å². The monoisotopic (exact) mass is 352 g/mol. The summed E-state index contributed by atoms with van der Waals surface area (Å²) in [5.41, 5.74) is 1.38. The van der Waals surface area contributed by atoms with Gasteiger partial charge in [-0.2, -0.15) is 0 Å². The third-order valence-electron chi connectivity index (χ3n) is 5.51. The number of hydrogen-bond donors (Lipinski definition) is 2. The van der Waals surface area contributed by atoms with Gasteiger partial charge in [-0.1, -0.05) is 25.0 Å². The van der Waals surface area contributed by atoms with Crippen molar-refractivity contribution in [2.75, 3.05) is 26.7 Å². The van der Waals surface area contributed by atoms with Gasteiger partial charge >= 0.3 is 0 Å². The van der Waals surface area contributed by atoms with Gasteiger partial charge in [-0.25, -0.2) is 0 Å². The van der Waals surface area contributed by atoms with E-state index in [9.17, 15) is 4.79 Å². The number of benzene rings is 1. The van der Waals surface area contributed by atoms with Crippen molar-refractivity contribution in [2.24, 2.45) is 5.92 Å². The summed E-state index contributed by atoms with van der Waals surface area (Å²) in [7, 11) is 1.71. The Bertz CT molecular complexity index is 538. The number of ether oxygens (including phenoxy) is 1. The summed E-state index contributed by atoms with van der Waals surface area (Å²) in [5, 5.41) is 6.57. The molecule has 1 unspecified atom stereocenters. The highest BCUT2D eigenvalue weighted by molar-refractivity contribution is 5.85. The largest absolute Gasteiger partial charge is 0.497 e. The van der Waals surface area contributed by atoms with Crippen molar-refractivity contribution in [3.8, 4) is 5.75 Å². The summed E-state index contributed by atoms with van der Waals surface area (Å²) in [4.78, 5) is 12.5. The van der Waals surface area contributed by atoms with E-state index in [0.717, 1.165) is 51.1 Å². The molecule has 0 bridgehead atoms. The second-order valence-corrected chi connectivity index (χ2v) is 6.98. The second-order valence-electron chi connectivity index (χ2n) is 6.98. The Morgan fingerprint density at radius 1 is 1.33 bits per heavy atom. The first kappa shape index (κ1) is 19.1. The predicted molar refractivity (Wildman–Crippen MR) is 99.0 cm³/mol. The zero-order valence-electron chi connectivity index (χ0n) is 14.5. The fraction of sp³-hybridized carbons (Fsp3) is 0.632. The first-order valence-electron chi connectivity index (χ1n) is 8.86. The Balaban J connectivity index is 0.00000208. The second kappa shape index (κ2) is 8.72. The Hall–Kier alpha value is -1.26. The highest BCUT2D eigenvalue weighted by atomic mass is 35.5. The van der Waals surface area contributed by atoms with Gasteiger partial charge < -0.3 is 15.4 Å². The summed E-state index contributed by atoms with van der Waals surface area (Å²) in [6.45, 7) is 2.60. The minimum atomic E-state index is 0. The number of nitrogens with one attached hydrogen (secondary N) is 2. The standard InChI is InChI=1S/C19H28N2O2.ClH/c1-23-17-8-4-7-16(12-17)19(9-2-3-10-19)14-21-18(22)15-6-5-11-20-13-15;/h4,7-8,12,15,20H,2-3,5-6,9-11,13-14H2,1H3,(H,21,22);1H. The lowest BCUT2D eigenvalue weighted by Gasteiger charge is -2.31. The van der Waals surface area contributed by atoms with Crippen molar-refractivity contribution < 1.29 is 9.53 Å². The molecule has 1 saturated heterocycles. The van der Waals surface area contributed by atoms with Crippen LogP contribution in [0.25, 0.3) is 0 Å². The smallest absolute Gasteiger partial charge is 0.224 e. The third kappa shape index (κ3) is 4.22. The minimum Gasteiger partial charge on any atom is -0.497 e. The molecule has 24 heavy (non-hydrogen) atoms. The van der Waals surface area contributed by atoms with Gasteiger partial charge in [-0.05, 0) is 49.9 Å². The van der Waals surface area contributed by atoms with E-state index < -0.39 is 0 Å². The van der Waals surface area contributed by atoms with E-state index in [1.807, 2.05) is 6.07 Å². The molecule has 0 radical (unpaired) electrons. The zero-order valence-corrected chi connectivity index (χ0v) is 15.3. The molecule has 1 aromatic carbocycles. The van der Waals surface area contributed by atoms with Crippen LogP contribution in [-0.4, -0.2) is 32.7 Å². The molecule has 0 spiro atoms. The zero-order chi connectivity index (χ0) is 16.1. The lowest BCUT2D eigenvalue weighted by Crippen LogP contribution is -2.45. The van der Waals surface area contributed by atoms with Gasteiger partial charge in [-0.3, -0.25) is 4.79 Å². The van der Waals surface area contributed by atoms with Crippen LogP contribution < -0.4 is 15.4 Å². The van der Waals surface area contributed by atoms with Crippen LogP contribution in [0.2, 0.25) is 0 Å². The first-order valence-corrected chi connectivity index (χ1v) is 8.86. The van der Waals surface area contributed by atoms with Crippen LogP contribution >= 0.6 is 12.4 Å². The SMILES string of the molecule is COc1cccc(C2(CNC(=O)C3CCCNC3)CCCC2)c1.Cl. The molecule has 4 nitrogen and oxygen atoms in total. The molecular formula is C19H29ClN2O2. The number of carbonyl (C=O) groups is 1. The fourth-order valence-electron chi connectivity index (χ4n) is 4.05. The molecule has 2 aliphatic rings. The van der Waals surface area contributed by atoms with Crippen molar-refractivity contribution in [3.63, 3.8) is 0 Å². The van der Waals surface area contributed by atoms with E-state index in [1.54, 1.807) is 7.11 Å². The van der Waals surface area contributed by atoms with E-state index in [1.165, 1.54) is 18.4 Å². The van der Waals surface area contributed by atoms with E-state index in [2.05, 4.69) is 28.8 Å². The number of halogens is 1. The summed E-state index contributed by atoms with van der Waals surface area (Å²) in [6, 6.07) is 8.36. The molecule has 1 heterocycles. The number of hydrogen-bond acceptors (Lipinski definition) is 3. The summed E-state index contributed by atoms with van der Waals surface area (Å²) in [5.74, 6) is 1.25. The molecule has 1 atom stereocenters. The van der Waals surface area contributed by atoms with Gasteiger partial charge in [0.05, 0.1) is 13.0 Å². The molecule has 2 N–H and O–H groups in total. The third-order valence-corrected chi connectivity index (χ3v) is 5.51. The Kier molecular flexibility index (Phi) is 6.93. The number of carbonyl (C=O) groups excluding carboxylic acids is 1. The molecular weight excluding hydrogens is 324 g/mol. The van der Waals surface area contributed by atoms with Crippen LogP contribution in [0.5, 0.6) is 5.75 Å². The van der Waals surface area contributed by atoms with Crippen molar-refractivity contribution >= 4 is 18.3 Å². The van der Waals surface area contributed by atoms with Crippen LogP contribution in [0.15, 0.2) is 24.3 Å². The molecule has 1 aliphatic heterocycles. The van der Waals surface area contributed by atoms with Crippen molar-refractivity contribution in [1.82, 2.24) is 10.6 Å². The maximum absolute atomic E-state index is 12.5. The molecule has 1 saturated carbocycles. The number of piperidine rings is 1. The summed E-state index contributed by atoms with van der Waals surface area (Å²) >= 11 is 0. The Morgan fingerprint density at radius 2 is 2.12 bits per heavy atom. The van der Waals surface area contributed by atoms with Gasteiger partial charge in [-0.15, -0.1) is 12.4 Å². The van der Waals surface area contributed by atoms with Crippen LogP contribution in [0.4, 0.5) is 0 Å². The quantitative estimate of drug-likeness (QED) is 0.856. The molecule has 2 fully saturated rings. The number of rotatable bonds is 5. The fourth-order valence-corrected chi connectivity index (χ4v) is 4.05. The molecule has 1 aliphatic carbocycles. The summed E-state index contributed by atoms with van der Waals surface area (Å²) in [6.07, 6.45) is 6.85. The van der Waals surface area contributed by atoms with Crippen molar-refractivity contribution in [3.05, 3.63) is 29.8 Å². The lowest BCUT2D eigenvalue weighted by atomic mass is 9.78. The molecule has 1 amide bonds. The predicted octanol–water partition coefficient (Wildman–Crippen LogP) is 3.04. The number of methoxy groups -OCH3 is 1. The van der Waals surface area contributed by atoms with Crippen molar-refractivity contribution in [2.45, 2.75) is 43.9 Å². The topological polar surface area (TPSA) is 50.4 Å². The van der Waals surface area contributed by atoms with Gasteiger partial charge in [0.25, 0.3) is 0 Å². The lowest BCUT2D eigenvalue weighted by molar-refractivity contribution is -0.125. The molecule has 134 valence electrons. The van der Waals surface area contributed by atoms with Crippen LogP contribution in [0.3, 0.4) is 0 Å².